The zero-order chi connectivity index (χ0) is 13.3. The molecule has 0 aromatic carbocycles. The lowest BCUT2D eigenvalue weighted by molar-refractivity contribution is 0.0964. The van der Waals surface area contributed by atoms with Gasteiger partial charge in [0.1, 0.15) is 0 Å². The van der Waals surface area contributed by atoms with Crippen molar-refractivity contribution in [3.05, 3.63) is 39.0 Å². The molecule has 2 rings (SSSR count). The third-order valence-corrected chi connectivity index (χ3v) is 3.80. The minimum Gasteiger partial charge on any atom is -0.442 e. The monoisotopic (exact) mass is 330 g/mol. The number of rotatable bonds is 4. The molecule has 0 aliphatic carbocycles. The first-order valence-corrected chi connectivity index (χ1v) is 6.68. The maximum atomic E-state index is 12.0. The van der Waals surface area contributed by atoms with Crippen LogP contribution in [0.5, 0.6) is 0 Å². The van der Waals surface area contributed by atoms with Crippen molar-refractivity contribution in [3.63, 3.8) is 0 Å². The number of hydrogen-bond donors (Lipinski definition) is 0. The molecule has 0 saturated heterocycles. The third kappa shape index (κ3) is 2.52. The van der Waals surface area contributed by atoms with E-state index in [0.29, 0.717) is 0 Å². The highest BCUT2D eigenvalue weighted by Gasteiger charge is 2.18. The van der Waals surface area contributed by atoms with Gasteiger partial charge < -0.3 is 4.42 Å². The van der Waals surface area contributed by atoms with Crippen molar-refractivity contribution in [2.45, 2.75) is 19.8 Å². The summed E-state index contributed by atoms with van der Waals surface area (Å²) in [4.78, 5) is 12.0. The number of halogens is 2. The molecule has 0 radical (unpaired) electrons. The third-order valence-electron chi connectivity index (χ3n) is 2.68. The molecule has 0 fully saturated rings. The molecule has 2 heterocycles. The first-order valence-electron chi connectivity index (χ1n) is 5.51. The molecule has 0 amide bonds. The molecule has 4 nitrogen and oxygen atoms in total. The Morgan fingerprint density at radius 2 is 2.28 bits per heavy atom. The van der Waals surface area contributed by atoms with Crippen LogP contribution in [0.25, 0.3) is 0 Å². The summed E-state index contributed by atoms with van der Waals surface area (Å²) in [5.74, 6) is 0.152. The molecule has 0 aliphatic rings. The molecule has 0 saturated carbocycles. The molecule has 18 heavy (non-hydrogen) atoms. The Bertz CT molecular complexity index is 589. The van der Waals surface area contributed by atoms with Crippen LogP contribution in [0.4, 0.5) is 0 Å². The van der Waals surface area contributed by atoms with E-state index < -0.39 is 0 Å². The molecule has 0 unspecified atom stereocenters. The molecule has 0 N–H and O–H groups in total. The second kappa shape index (κ2) is 5.28. The fourth-order valence-electron chi connectivity index (χ4n) is 1.72. The van der Waals surface area contributed by atoms with E-state index in [-0.39, 0.29) is 23.2 Å². The Balaban J connectivity index is 2.24. The van der Waals surface area contributed by atoms with Gasteiger partial charge in [0, 0.05) is 7.05 Å². The van der Waals surface area contributed by atoms with Crippen LogP contribution < -0.4 is 0 Å². The van der Waals surface area contributed by atoms with Crippen molar-refractivity contribution in [3.8, 4) is 0 Å². The van der Waals surface area contributed by atoms with Gasteiger partial charge in [-0.3, -0.25) is 9.48 Å². The van der Waals surface area contributed by atoms with Gasteiger partial charge in [-0.25, -0.2) is 0 Å². The predicted octanol–water partition coefficient (Wildman–Crippen LogP) is 3.42. The van der Waals surface area contributed by atoms with Crippen molar-refractivity contribution < 1.29 is 9.21 Å². The maximum Gasteiger partial charge on any atom is 0.204 e. The highest BCUT2D eigenvalue weighted by atomic mass is 79.9. The molecule has 0 atom stereocenters. The van der Waals surface area contributed by atoms with Crippen LogP contribution in [0.1, 0.15) is 28.9 Å². The van der Waals surface area contributed by atoms with E-state index in [1.165, 1.54) is 0 Å². The molecule has 2 aromatic rings. The Labute approximate surface area is 118 Å². The van der Waals surface area contributed by atoms with Crippen molar-refractivity contribution in [1.82, 2.24) is 9.78 Å². The summed E-state index contributed by atoms with van der Waals surface area (Å²) < 4.78 is 7.70. The predicted molar refractivity (Wildman–Crippen MR) is 72.0 cm³/mol. The second-order valence-corrected chi connectivity index (χ2v) is 5.05. The number of aromatic nitrogens is 2. The van der Waals surface area contributed by atoms with Crippen molar-refractivity contribution in [1.29, 1.82) is 0 Å². The summed E-state index contributed by atoms with van der Waals surface area (Å²) >= 11 is 9.13. The molecule has 0 aliphatic heterocycles. The van der Waals surface area contributed by atoms with Gasteiger partial charge in [0.25, 0.3) is 0 Å². The van der Waals surface area contributed by atoms with Crippen molar-refractivity contribution >= 4 is 33.3 Å². The van der Waals surface area contributed by atoms with E-state index in [0.717, 1.165) is 22.3 Å². The Morgan fingerprint density at radius 3 is 2.78 bits per heavy atom. The summed E-state index contributed by atoms with van der Waals surface area (Å²) in [6.07, 6.45) is 1.04. The average Bonchev–Trinajstić information content (AvgIpc) is 2.87. The highest BCUT2D eigenvalue weighted by molar-refractivity contribution is 9.10. The van der Waals surface area contributed by atoms with E-state index in [9.17, 15) is 4.79 Å². The van der Waals surface area contributed by atoms with E-state index in [1.807, 2.05) is 14.0 Å². The zero-order valence-corrected chi connectivity index (χ0v) is 12.4. The number of carbonyl (C=O) groups is 1. The fraction of sp³-hybridized carbons (Fsp3) is 0.333. The molecule has 0 bridgehead atoms. The van der Waals surface area contributed by atoms with Crippen molar-refractivity contribution in [2.24, 2.45) is 7.05 Å². The van der Waals surface area contributed by atoms with Crippen LogP contribution in [0.2, 0.25) is 5.22 Å². The number of aryl methyl sites for hydroxylation is 2. The molecule has 0 spiro atoms. The quantitative estimate of drug-likeness (QED) is 0.807. The minimum atomic E-state index is -0.117. The summed E-state index contributed by atoms with van der Waals surface area (Å²) in [6, 6.07) is 3.14. The topological polar surface area (TPSA) is 48.0 Å². The van der Waals surface area contributed by atoms with Gasteiger partial charge in [-0.15, -0.1) is 0 Å². The van der Waals surface area contributed by atoms with Crippen LogP contribution in [-0.4, -0.2) is 15.6 Å². The largest absolute Gasteiger partial charge is 0.442 e. The number of nitrogens with zero attached hydrogens (tertiary/aromatic N) is 2. The number of hydrogen-bond acceptors (Lipinski definition) is 3. The molecule has 96 valence electrons. The van der Waals surface area contributed by atoms with Gasteiger partial charge in [0.15, 0.2) is 11.0 Å². The van der Waals surface area contributed by atoms with E-state index >= 15 is 0 Å². The lowest BCUT2D eigenvalue weighted by atomic mass is 10.1. The summed E-state index contributed by atoms with van der Waals surface area (Å²) in [7, 11) is 1.82. The van der Waals surface area contributed by atoms with Gasteiger partial charge in [0.2, 0.25) is 5.78 Å². The van der Waals surface area contributed by atoms with Crippen LogP contribution in [0.3, 0.4) is 0 Å². The lowest BCUT2D eigenvalue weighted by Crippen LogP contribution is -2.07. The smallest absolute Gasteiger partial charge is 0.204 e. The van der Waals surface area contributed by atoms with Gasteiger partial charge in [-0.2, -0.15) is 5.10 Å². The van der Waals surface area contributed by atoms with Gasteiger partial charge >= 0.3 is 0 Å². The first kappa shape index (κ1) is 13.4. The normalized spacial score (nSPS) is 10.9. The minimum absolute atomic E-state index is 0.117. The van der Waals surface area contributed by atoms with E-state index in [4.69, 9.17) is 16.0 Å². The zero-order valence-electron chi connectivity index (χ0n) is 10.0. The van der Waals surface area contributed by atoms with Gasteiger partial charge in [-0.05, 0) is 46.1 Å². The SMILES string of the molecule is CCc1nn(C)c(CC(=O)c2ccc(Cl)o2)c1Br. The second-order valence-electron chi connectivity index (χ2n) is 3.89. The summed E-state index contributed by atoms with van der Waals surface area (Å²) in [6.45, 7) is 2.02. The van der Waals surface area contributed by atoms with Gasteiger partial charge in [-0.1, -0.05) is 6.92 Å². The number of ketones is 1. The molecular formula is C12H12BrClN2O2. The maximum absolute atomic E-state index is 12.0. The van der Waals surface area contributed by atoms with Crippen LogP contribution in [0, 0.1) is 0 Å². The van der Waals surface area contributed by atoms with Crippen LogP contribution >= 0.6 is 27.5 Å². The standard InChI is InChI=1S/C12H12BrClN2O2/c1-3-7-12(13)8(16(2)15-7)6-9(17)10-4-5-11(14)18-10/h4-5H,3,6H2,1-2H3. The highest BCUT2D eigenvalue weighted by Crippen LogP contribution is 2.23. The first-order chi connectivity index (χ1) is 8.52. The number of Topliss-reactive ketones (excluding diaryl/α,β-unsaturated/α-hetero) is 1. The Morgan fingerprint density at radius 1 is 1.56 bits per heavy atom. The molecular weight excluding hydrogens is 320 g/mol. The number of furan rings is 1. The van der Waals surface area contributed by atoms with E-state index in [1.54, 1.807) is 16.8 Å². The molecule has 6 heteroatoms. The number of carbonyl (C=O) groups excluding carboxylic acids is 1. The Kier molecular flexibility index (Phi) is 3.92. The van der Waals surface area contributed by atoms with Crippen LogP contribution in [0.15, 0.2) is 21.0 Å². The average molecular weight is 332 g/mol. The van der Waals surface area contributed by atoms with Crippen LogP contribution in [-0.2, 0) is 19.9 Å². The summed E-state index contributed by atoms with van der Waals surface area (Å²) in [5, 5.41) is 4.56. The van der Waals surface area contributed by atoms with Crippen molar-refractivity contribution in [2.75, 3.05) is 0 Å². The fourth-order valence-corrected chi connectivity index (χ4v) is 2.62. The van der Waals surface area contributed by atoms with Gasteiger partial charge in [0.05, 0.1) is 22.3 Å². The Hall–Kier alpha value is -1.07. The molecule has 2 aromatic heterocycles. The summed E-state index contributed by atoms with van der Waals surface area (Å²) in [5.41, 5.74) is 1.78. The van der Waals surface area contributed by atoms with E-state index in [2.05, 4.69) is 21.0 Å². The lowest BCUT2D eigenvalue weighted by Gasteiger charge is -2.00.